The standard InChI is InChI=1S/C13H18ClN3O2/c1-17(12-3-2-11(14)15-16-12)10-4-6-13(7-5-10)18-8-9-19-13/h2-3,10H,4-9H2,1H3. The molecular formula is C13H18ClN3O2. The van der Waals surface area contributed by atoms with Crippen LogP contribution in [0.15, 0.2) is 12.1 Å². The summed E-state index contributed by atoms with van der Waals surface area (Å²) in [5.41, 5.74) is 0. The molecule has 1 aliphatic carbocycles. The Balaban J connectivity index is 1.63. The quantitative estimate of drug-likeness (QED) is 0.833. The van der Waals surface area contributed by atoms with Crippen LogP contribution in [0.3, 0.4) is 0 Å². The Bertz CT molecular complexity index is 424. The fourth-order valence-corrected chi connectivity index (χ4v) is 3.00. The Hall–Kier alpha value is -0.910. The van der Waals surface area contributed by atoms with Crippen LogP contribution in [0.25, 0.3) is 0 Å². The summed E-state index contributed by atoms with van der Waals surface area (Å²) in [6, 6.07) is 4.13. The third kappa shape index (κ3) is 2.68. The van der Waals surface area contributed by atoms with Gasteiger partial charge in [-0.1, -0.05) is 11.6 Å². The highest BCUT2D eigenvalue weighted by atomic mass is 35.5. The Morgan fingerprint density at radius 3 is 2.47 bits per heavy atom. The predicted octanol–water partition coefficient (Wildman–Crippen LogP) is 2.25. The summed E-state index contributed by atoms with van der Waals surface area (Å²) < 4.78 is 11.5. The molecule has 3 rings (SSSR count). The van der Waals surface area contributed by atoms with Crippen LogP contribution in [-0.4, -0.2) is 42.3 Å². The molecule has 0 N–H and O–H groups in total. The topological polar surface area (TPSA) is 47.5 Å². The summed E-state index contributed by atoms with van der Waals surface area (Å²) in [4.78, 5) is 2.17. The lowest BCUT2D eigenvalue weighted by atomic mass is 9.89. The molecule has 0 atom stereocenters. The fourth-order valence-electron chi connectivity index (χ4n) is 2.90. The molecule has 0 aromatic carbocycles. The van der Waals surface area contributed by atoms with Crippen molar-refractivity contribution in [2.24, 2.45) is 0 Å². The van der Waals surface area contributed by atoms with Crippen molar-refractivity contribution in [1.29, 1.82) is 0 Å². The van der Waals surface area contributed by atoms with Crippen molar-refractivity contribution in [2.45, 2.75) is 37.5 Å². The van der Waals surface area contributed by atoms with Crippen molar-refractivity contribution in [3.8, 4) is 0 Å². The molecule has 1 saturated heterocycles. The molecule has 0 bridgehead atoms. The Morgan fingerprint density at radius 2 is 1.89 bits per heavy atom. The van der Waals surface area contributed by atoms with Gasteiger partial charge in [-0.3, -0.25) is 0 Å². The second kappa shape index (κ2) is 5.23. The molecule has 104 valence electrons. The first-order valence-electron chi connectivity index (χ1n) is 6.69. The lowest BCUT2D eigenvalue weighted by Crippen LogP contribution is -2.43. The smallest absolute Gasteiger partial charge is 0.168 e. The van der Waals surface area contributed by atoms with E-state index in [1.165, 1.54) is 0 Å². The van der Waals surface area contributed by atoms with E-state index in [1.807, 2.05) is 6.07 Å². The van der Waals surface area contributed by atoms with Gasteiger partial charge in [0, 0.05) is 25.9 Å². The van der Waals surface area contributed by atoms with Crippen LogP contribution in [0.1, 0.15) is 25.7 Å². The average Bonchev–Trinajstić information content (AvgIpc) is 2.88. The minimum atomic E-state index is -0.303. The van der Waals surface area contributed by atoms with Gasteiger partial charge in [-0.05, 0) is 25.0 Å². The molecule has 1 saturated carbocycles. The van der Waals surface area contributed by atoms with Crippen LogP contribution in [0, 0.1) is 0 Å². The minimum absolute atomic E-state index is 0.303. The molecule has 6 heteroatoms. The average molecular weight is 284 g/mol. The van der Waals surface area contributed by atoms with E-state index in [-0.39, 0.29) is 5.79 Å². The lowest BCUT2D eigenvalue weighted by Gasteiger charge is -2.39. The molecule has 0 radical (unpaired) electrons. The van der Waals surface area contributed by atoms with Gasteiger partial charge in [-0.25, -0.2) is 0 Å². The summed E-state index contributed by atoms with van der Waals surface area (Å²) in [7, 11) is 2.05. The van der Waals surface area contributed by atoms with Crippen molar-refractivity contribution in [2.75, 3.05) is 25.2 Å². The molecule has 0 amide bonds. The van der Waals surface area contributed by atoms with Crippen molar-refractivity contribution in [1.82, 2.24) is 10.2 Å². The Morgan fingerprint density at radius 1 is 1.21 bits per heavy atom. The fraction of sp³-hybridized carbons (Fsp3) is 0.692. The SMILES string of the molecule is CN(c1ccc(Cl)nn1)C1CCC2(CC1)OCCO2. The van der Waals surface area contributed by atoms with Crippen LogP contribution < -0.4 is 4.90 Å². The molecule has 0 unspecified atom stereocenters. The number of ether oxygens (including phenoxy) is 2. The molecule has 1 spiro atoms. The van der Waals surface area contributed by atoms with Gasteiger partial charge in [0.1, 0.15) is 0 Å². The molecule has 19 heavy (non-hydrogen) atoms. The highest BCUT2D eigenvalue weighted by molar-refractivity contribution is 6.29. The number of rotatable bonds is 2. The lowest BCUT2D eigenvalue weighted by molar-refractivity contribution is -0.178. The first-order valence-corrected chi connectivity index (χ1v) is 7.06. The summed E-state index contributed by atoms with van der Waals surface area (Å²) in [6.45, 7) is 1.45. The predicted molar refractivity (Wildman–Crippen MR) is 72.3 cm³/mol. The zero-order valence-electron chi connectivity index (χ0n) is 11.0. The Labute approximate surface area is 117 Å². The van der Waals surface area contributed by atoms with Gasteiger partial charge in [-0.2, -0.15) is 0 Å². The third-order valence-corrected chi connectivity index (χ3v) is 4.26. The highest BCUT2D eigenvalue weighted by Crippen LogP contribution is 2.37. The normalized spacial score (nSPS) is 22.8. The van der Waals surface area contributed by atoms with E-state index in [2.05, 4.69) is 22.1 Å². The summed E-state index contributed by atoms with van der Waals surface area (Å²) in [6.07, 6.45) is 3.98. The maximum Gasteiger partial charge on any atom is 0.168 e. The molecule has 1 aromatic rings. The van der Waals surface area contributed by atoms with Crippen LogP contribution in [-0.2, 0) is 9.47 Å². The van der Waals surface area contributed by atoms with E-state index >= 15 is 0 Å². The van der Waals surface area contributed by atoms with Crippen LogP contribution in [0.2, 0.25) is 5.15 Å². The number of hydrogen-bond acceptors (Lipinski definition) is 5. The van der Waals surface area contributed by atoms with E-state index in [4.69, 9.17) is 21.1 Å². The molecule has 5 nitrogen and oxygen atoms in total. The maximum atomic E-state index is 5.76. The number of nitrogens with zero attached hydrogens (tertiary/aromatic N) is 3. The molecular weight excluding hydrogens is 266 g/mol. The van der Waals surface area contributed by atoms with Crippen LogP contribution in [0.5, 0.6) is 0 Å². The maximum absolute atomic E-state index is 5.76. The van der Waals surface area contributed by atoms with E-state index in [9.17, 15) is 0 Å². The summed E-state index contributed by atoms with van der Waals surface area (Å²) >= 11 is 5.76. The Kier molecular flexibility index (Phi) is 3.60. The summed E-state index contributed by atoms with van der Waals surface area (Å²) in [5.74, 6) is 0.557. The van der Waals surface area contributed by atoms with Crippen LogP contribution in [0.4, 0.5) is 5.82 Å². The van der Waals surface area contributed by atoms with E-state index in [1.54, 1.807) is 6.07 Å². The van der Waals surface area contributed by atoms with E-state index in [0.717, 1.165) is 44.7 Å². The van der Waals surface area contributed by atoms with Crippen LogP contribution >= 0.6 is 11.6 Å². The van der Waals surface area contributed by atoms with Gasteiger partial charge in [0.25, 0.3) is 0 Å². The van der Waals surface area contributed by atoms with Crippen molar-refractivity contribution in [3.05, 3.63) is 17.3 Å². The monoisotopic (exact) mass is 283 g/mol. The van der Waals surface area contributed by atoms with E-state index < -0.39 is 0 Å². The first kappa shape index (κ1) is 13.1. The zero-order chi connectivity index (χ0) is 13.3. The molecule has 2 fully saturated rings. The molecule has 2 aliphatic rings. The highest BCUT2D eigenvalue weighted by Gasteiger charge is 2.41. The summed E-state index contributed by atoms with van der Waals surface area (Å²) in [5, 5.41) is 8.44. The van der Waals surface area contributed by atoms with Crippen molar-refractivity contribution in [3.63, 3.8) is 0 Å². The largest absolute Gasteiger partial charge is 0.355 e. The number of hydrogen-bond donors (Lipinski definition) is 0. The van der Waals surface area contributed by atoms with Gasteiger partial charge in [0.2, 0.25) is 0 Å². The van der Waals surface area contributed by atoms with Gasteiger partial charge in [0.05, 0.1) is 13.2 Å². The minimum Gasteiger partial charge on any atom is -0.355 e. The van der Waals surface area contributed by atoms with Crippen molar-refractivity contribution >= 4 is 17.4 Å². The van der Waals surface area contributed by atoms with Gasteiger partial charge >= 0.3 is 0 Å². The second-order valence-corrected chi connectivity index (χ2v) is 5.55. The second-order valence-electron chi connectivity index (χ2n) is 5.16. The van der Waals surface area contributed by atoms with Crippen molar-refractivity contribution < 1.29 is 9.47 Å². The van der Waals surface area contributed by atoms with Gasteiger partial charge in [-0.15, -0.1) is 10.2 Å². The third-order valence-electron chi connectivity index (χ3n) is 4.06. The number of aromatic nitrogens is 2. The van der Waals surface area contributed by atoms with Gasteiger partial charge < -0.3 is 14.4 Å². The molecule has 2 heterocycles. The molecule has 1 aromatic heterocycles. The number of anilines is 1. The van der Waals surface area contributed by atoms with E-state index in [0.29, 0.717) is 11.2 Å². The molecule has 1 aliphatic heterocycles. The van der Waals surface area contributed by atoms with Gasteiger partial charge in [0.15, 0.2) is 16.8 Å². The zero-order valence-corrected chi connectivity index (χ0v) is 11.8. The first-order chi connectivity index (χ1) is 9.19. The number of halogens is 1.